The third-order valence-electron chi connectivity index (χ3n) is 11.2. The van der Waals surface area contributed by atoms with Gasteiger partial charge in [-0.1, -0.05) is 140 Å². The zero-order valence-electron chi connectivity index (χ0n) is 30.0. The molecule has 0 N–H and O–H groups in total. The van der Waals surface area contributed by atoms with Crippen LogP contribution in [0, 0.1) is 0 Å². The fourth-order valence-corrected chi connectivity index (χ4v) is 8.62. The molecule has 0 saturated carbocycles. The molecule has 0 amide bonds. The number of hydrogen-bond acceptors (Lipinski definition) is 4. The van der Waals surface area contributed by atoms with Gasteiger partial charge in [-0.15, -0.1) is 0 Å². The van der Waals surface area contributed by atoms with E-state index in [0.29, 0.717) is 17.5 Å². The fraction of sp³-hybridized carbons (Fsp3) is 0. The van der Waals surface area contributed by atoms with E-state index >= 15 is 0 Å². The monoisotopic (exact) mass is 714 g/mol. The molecule has 0 aliphatic carbocycles. The number of fused-ring (bicyclic) bond motifs is 6. The maximum absolute atomic E-state index is 6.56. The third-order valence-corrected chi connectivity index (χ3v) is 11.2. The van der Waals surface area contributed by atoms with Gasteiger partial charge < -0.3 is 8.98 Å². The molecule has 0 atom stereocenters. The first kappa shape index (κ1) is 30.8. The number of furan rings is 1. The summed E-state index contributed by atoms with van der Waals surface area (Å²) in [6.07, 6.45) is 0. The van der Waals surface area contributed by atoms with Gasteiger partial charge in [0.05, 0.1) is 11.0 Å². The maximum atomic E-state index is 6.56. The van der Waals surface area contributed by atoms with Gasteiger partial charge >= 0.3 is 0 Å². The quantitative estimate of drug-likeness (QED) is 0.167. The largest absolute Gasteiger partial charge is 0.456 e. The van der Waals surface area contributed by atoms with Crippen LogP contribution in [0.1, 0.15) is 0 Å². The molecule has 5 heteroatoms. The predicted molar refractivity (Wildman–Crippen MR) is 229 cm³/mol. The van der Waals surface area contributed by atoms with Gasteiger partial charge in [0.1, 0.15) is 11.2 Å². The molecule has 260 valence electrons. The summed E-state index contributed by atoms with van der Waals surface area (Å²) in [6, 6.07) is 63.8. The van der Waals surface area contributed by atoms with E-state index in [1.165, 1.54) is 48.9 Å². The molecule has 0 bridgehead atoms. The van der Waals surface area contributed by atoms with Crippen LogP contribution in [0.2, 0.25) is 0 Å². The minimum absolute atomic E-state index is 0.590. The molecule has 12 rings (SSSR count). The Hall–Kier alpha value is -7.63. The summed E-state index contributed by atoms with van der Waals surface area (Å²) in [5.41, 5.74) is 10.1. The van der Waals surface area contributed by atoms with Crippen molar-refractivity contribution in [1.82, 2.24) is 19.5 Å². The molecule has 3 aromatic heterocycles. The lowest BCUT2D eigenvalue weighted by Crippen LogP contribution is -2.00. The average Bonchev–Trinajstić information content (AvgIpc) is 3.82. The van der Waals surface area contributed by atoms with Crippen LogP contribution in [-0.4, -0.2) is 19.5 Å². The second-order valence-electron chi connectivity index (χ2n) is 14.4. The van der Waals surface area contributed by atoms with Crippen molar-refractivity contribution in [2.45, 2.75) is 0 Å². The molecule has 0 spiro atoms. The highest BCUT2D eigenvalue weighted by Crippen LogP contribution is 2.44. The molecule has 0 radical (unpaired) electrons. The molecule has 0 aliphatic rings. The Labute approximate surface area is 321 Å². The molecule has 0 aliphatic heterocycles. The van der Waals surface area contributed by atoms with E-state index < -0.39 is 0 Å². The van der Waals surface area contributed by atoms with Crippen molar-refractivity contribution >= 4 is 65.3 Å². The van der Waals surface area contributed by atoms with Crippen LogP contribution >= 0.6 is 0 Å². The van der Waals surface area contributed by atoms with E-state index in [-0.39, 0.29) is 0 Å². The van der Waals surface area contributed by atoms with Crippen LogP contribution in [0.25, 0.3) is 116 Å². The van der Waals surface area contributed by atoms with Crippen molar-refractivity contribution in [3.8, 4) is 51.0 Å². The van der Waals surface area contributed by atoms with Gasteiger partial charge in [-0.2, -0.15) is 0 Å². The Morgan fingerprint density at radius 1 is 0.321 bits per heavy atom. The lowest BCUT2D eigenvalue weighted by molar-refractivity contribution is 0.669. The highest BCUT2D eigenvalue weighted by atomic mass is 16.3. The van der Waals surface area contributed by atoms with Crippen molar-refractivity contribution in [2.24, 2.45) is 0 Å². The molecule has 0 fully saturated rings. The molecule has 3 heterocycles. The molecular weight excluding hydrogens is 685 g/mol. The average molecular weight is 715 g/mol. The first-order valence-corrected chi connectivity index (χ1v) is 18.9. The van der Waals surface area contributed by atoms with Crippen LogP contribution in [0.15, 0.2) is 186 Å². The second-order valence-corrected chi connectivity index (χ2v) is 14.4. The lowest BCUT2D eigenvalue weighted by atomic mass is 9.95. The Kier molecular flexibility index (Phi) is 6.56. The van der Waals surface area contributed by atoms with E-state index in [9.17, 15) is 0 Å². The van der Waals surface area contributed by atoms with Gasteiger partial charge in [-0.25, -0.2) is 15.0 Å². The van der Waals surface area contributed by atoms with Gasteiger partial charge in [-0.3, -0.25) is 0 Å². The normalized spacial score (nSPS) is 11.9. The summed E-state index contributed by atoms with van der Waals surface area (Å²) in [6.45, 7) is 0. The molecule has 5 nitrogen and oxygen atoms in total. The smallest absolute Gasteiger partial charge is 0.164 e. The fourth-order valence-electron chi connectivity index (χ4n) is 8.62. The minimum Gasteiger partial charge on any atom is -0.456 e. The SMILES string of the molecule is c1ccc(-c2ccc(-c3nc(-c4ccccc4)nc(-c4ccc5c(c4)oc4ccc(-n6c7cccc8c9ccccc9c9cccc6c9c87)cc45)n3)cc2)cc1. The lowest BCUT2D eigenvalue weighted by Gasteiger charge is -2.09. The first-order valence-electron chi connectivity index (χ1n) is 18.9. The van der Waals surface area contributed by atoms with Gasteiger partial charge in [0, 0.05) is 43.9 Å². The zero-order chi connectivity index (χ0) is 36.7. The molecule has 0 saturated heterocycles. The Morgan fingerprint density at radius 2 is 0.821 bits per heavy atom. The van der Waals surface area contributed by atoms with Crippen molar-refractivity contribution in [1.29, 1.82) is 0 Å². The van der Waals surface area contributed by atoms with Gasteiger partial charge in [0.15, 0.2) is 17.5 Å². The Balaban J connectivity index is 0.992. The highest BCUT2D eigenvalue weighted by molar-refractivity contribution is 6.34. The van der Waals surface area contributed by atoms with Crippen molar-refractivity contribution in [2.75, 3.05) is 0 Å². The topological polar surface area (TPSA) is 56.7 Å². The van der Waals surface area contributed by atoms with E-state index in [0.717, 1.165) is 49.9 Å². The van der Waals surface area contributed by atoms with Crippen LogP contribution in [-0.2, 0) is 0 Å². The summed E-state index contributed by atoms with van der Waals surface area (Å²) in [5, 5.41) is 9.83. The van der Waals surface area contributed by atoms with Gasteiger partial charge in [0.25, 0.3) is 0 Å². The van der Waals surface area contributed by atoms with Crippen molar-refractivity contribution in [3.63, 3.8) is 0 Å². The molecule has 12 aromatic rings. The molecule has 56 heavy (non-hydrogen) atoms. The van der Waals surface area contributed by atoms with Crippen molar-refractivity contribution in [3.05, 3.63) is 182 Å². The van der Waals surface area contributed by atoms with E-state index in [2.05, 4.69) is 150 Å². The van der Waals surface area contributed by atoms with E-state index in [1.807, 2.05) is 36.4 Å². The summed E-state index contributed by atoms with van der Waals surface area (Å²) in [7, 11) is 0. The first-order chi connectivity index (χ1) is 27.7. The van der Waals surface area contributed by atoms with Gasteiger partial charge in [-0.05, 0) is 75.1 Å². The summed E-state index contributed by atoms with van der Waals surface area (Å²) in [4.78, 5) is 15.0. The minimum atomic E-state index is 0.590. The van der Waals surface area contributed by atoms with Crippen LogP contribution < -0.4 is 0 Å². The van der Waals surface area contributed by atoms with E-state index in [4.69, 9.17) is 19.4 Å². The standard InChI is InChI=1S/C51H30N4O/c1-3-11-31(12-4-1)32-21-23-34(24-22-32)50-52-49(33-13-5-2-6-14-33)53-51(54-50)35-25-27-39-42-30-36(26-28-45(42)56-46(39)29-35)55-43-19-9-17-40-37-15-7-8-16-38(37)41-18-10-20-44(55)48(41)47(40)43/h1-30H. The van der Waals surface area contributed by atoms with E-state index in [1.54, 1.807) is 0 Å². The summed E-state index contributed by atoms with van der Waals surface area (Å²) in [5.74, 6) is 1.83. The Morgan fingerprint density at radius 3 is 1.46 bits per heavy atom. The van der Waals surface area contributed by atoms with Crippen LogP contribution in [0.4, 0.5) is 0 Å². The van der Waals surface area contributed by atoms with Crippen LogP contribution in [0.5, 0.6) is 0 Å². The van der Waals surface area contributed by atoms with Crippen molar-refractivity contribution < 1.29 is 4.42 Å². The number of benzene rings is 9. The number of aromatic nitrogens is 4. The summed E-state index contributed by atoms with van der Waals surface area (Å²) < 4.78 is 8.96. The van der Waals surface area contributed by atoms with Gasteiger partial charge in [0.2, 0.25) is 0 Å². The zero-order valence-corrected chi connectivity index (χ0v) is 30.0. The van der Waals surface area contributed by atoms with Crippen LogP contribution in [0.3, 0.4) is 0 Å². The molecule has 0 unspecified atom stereocenters. The number of hydrogen-bond donors (Lipinski definition) is 0. The summed E-state index contributed by atoms with van der Waals surface area (Å²) >= 11 is 0. The third kappa shape index (κ3) is 4.64. The number of nitrogens with zero attached hydrogens (tertiary/aromatic N) is 4. The maximum Gasteiger partial charge on any atom is 0.164 e. The highest BCUT2D eigenvalue weighted by Gasteiger charge is 2.21. The number of rotatable bonds is 5. The molecule has 9 aromatic carbocycles. The Bertz CT molecular complexity index is 3370. The predicted octanol–water partition coefficient (Wildman–Crippen LogP) is 13.3. The second kappa shape index (κ2) is 11.9. The molecular formula is C51H30N4O.